The van der Waals surface area contributed by atoms with Crippen molar-refractivity contribution in [2.24, 2.45) is 5.41 Å². The molecule has 0 unspecified atom stereocenters. The first-order valence-electron chi connectivity index (χ1n) is 4.94. The van der Waals surface area contributed by atoms with E-state index in [0.717, 1.165) is 9.03 Å². The van der Waals surface area contributed by atoms with Gasteiger partial charge in [-0.2, -0.15) is 0 Å². The van der Waals surface area contributed by atoms with Gasteiger partial charge >= 0.3 is 7.12 Å². The molecule has 1 N–H and O–H groups in total. The summed E-state index contributed by atoms with van der Waals surface area (Å²) in [5, 5.41) is 9.78. The summed E-state index contributed by atoms with van der Waals surface area (Å²) >= 11 is 2.22. The molecule has 0 atom stereocenters. The molecule has 0 saturated heterocycles. The van der Waals surface area contributed by atoms with Crippen molar-refractivity contribution in [1.29, 1.82) is 0 Å². The van der Waals surface area contributed by atoms with E-state index >= 15 is 0 Å². The molecule has 0 amide bonds. The molecular weight excluding hydrogens is 302 g/mol. The Hall–Kier alpha value is -0.0651. The van der Waals surface area contributed by atoms with Gasteiger partial charge in [0.05, 0.1) is 0 Å². The Morgan fingerprint density at radius 1 is 1.40 bits per heavy atom. The van der Waals surface area contributed by atoms with Crippen LogP contribution in [-0.2, 0) is 4.65 Å². The molecule has 4 heteroatoms. The largest absolute Gasteiger partial charge is 0.491 e. The van der Waals surface area contributed by atoms with Crippen molar-refractivity contribution >= 4 is 35.2 Å². The van der Waals surface area contributed by atoms with Crippen LogP contribution >= 0.6 is 22.6 Å². The molecule has 2 nitrogen and oxygen atoms in total. The minimum Gasteiger partial charge on any atom is -0.423 e. The van der Waals surface area contributed by atoms with E-state index in [-0.39, 0.29) is 5.41 Å². The van der Waals surface area contributed by atoms with Gasteiger partial charge in [-0.3, -0.25) is 0 Å². The van der Waals surface area contributed by atoms with Gasteiger partial charge in [0, 0.05) is 10.2 Å². The SMILES string of the molecule is CC(C)(C)COB(O)c1cccc(I)c1. The molecule has 0 aliphatic carbocycles. The lowest BCUT2D eigenvalue weighted by molar-refractivity contribution is 0.174. The highest BCUT2D eigenvalue weighted by atomic mass is 127. The molecule has 1 aromatic carbocycles. The first-order chi connectivity index (χ1) is 6.88. The summed E-state index contributed by atoms with van der Waals surface area (Å²) in [5.74, 6) is 0. The third-order valence-corrected chi connectivity index (χ3v) is 2.48. The second kappa shape index (κ2) is 5.32. The molecule has 0 radical (unpaired) electrons. The Labute approximate surface area is 105 Å². The molecule has 82 valence electrons. The summed E-state index contributed by atoms with van der Waals surface area (Å²) in [6, 6.07) is 7.70. The zero-order chi connectivity index (χ0) is 11.5. The molecule has 0 heterocycles. The van der Waals surface area contributed by atoms with Gasteiger partial charge in [0.2, 0.25) is 0 Å². The number of benzene rings is 1. The minimum atomic E-state index is -0.820. The first-order valence-corrected chi connectivity index (χ1v) is 6.01. The highest BCUT2D eigenvalue weighted by Gasteiger charge is 2.20. The van der Waals surface area contributed by atoms with E-state index in [1.54, 1.807) is 0 Å². The van der Waals surface area contributed by atoms with Crippen molar-refractivity contribution < 1.29 is 9.68 Å². The van der Waals surface area contributed by atoms with E-state index in [4.69, 9.17) is 4.65 Å². The smallest absolute Gasteiger partial charge is 0.423 e. The summed E-state index contributed by atoms with van der Waals surface area (Å²) in [5.41, 5.74) is 0.884. The fourth-order valence-corrected chi connectivity index (χ4v) is 1.65. The topological polar surface area (TPSA) is 29.5 Å². The lowest BCUT2D eigenvalue weighted by atomic mass is 9.79. The van der Waals surface area contributed by atoms with Gasteiger partial charge in [0.25, 0.3) is 0 Å². The number of hydrogen-bond donors (Lipinski definition) is 1. The van der Waals surface area contributed by atoms with Gasteiger partial charge in [0.15, 0.2) is 0 Å². The lowest BCUT2D eigenvalue weighted by Gasteiger charge is -2.19. The highest BCUT2D eigenvalue weighted by Crippen LogP contribution is 2.13. The summed E-state index contributed by atoms with van der Waals surface area (Å²) in [7, 11) is -0.820. The van der Waals surface area contributed by atoms with Crippen molar-refractivity contribution in [2.75, 3.05) is 6.61 Å². The zero-order valence-electron chi connectivity index (χ0n) is 9.33. The zero-order valence-corrected chi connectivity index (χ0v) is 11.5. The fraction of sp³-hybridized carbons (Fsp3) is 0.455. The minimum absolute atomic E-state index is 0.0723. The van der Waals surface area contributed by atoms with Gasteiger partial charge in [-0.25, -0.2) is 0 Å². The number of hydrogen-bond acceptors (Lipinski definition) is 2. The van der Waals surface area contributed by atoms with E-state index in [1.165, 1.54) is 0 Å². The van der Waals surface area contributed by atoms with E-state index in [9.17, 15) is 5.02 Å². The predicted octanol–water partition coefficient (Wildman–Crippen LogP) is 2.04. The molecule has 0 bridgehead atoms. The number of halogens is 1. The van der Waals surface area contributed by atoms with Crippen molar-refractivity contribution in [1.82, 2.24) is 0 Å². The maximum absolute atomic E-state index is 9.78. The summed E-state index contributed by atoms with van der Waals surface area (Å²) < 4.78 is 6.50. The average molecular weight is 318 g/mol. The summed E-state index contributed by atoms with van der Waals surface area (Å²) in [4.78, 5) is 0. The van der Waals surface area contributed by atoms with Gasteiger partial charge < -0.3 is 9.68 Å². The molecule has 0 fully saturated rings. The third-order valence-electron chi connectivity index (χ3n) is 1.81. The van der Waals surface area contributed by atoms with E-state index in [1.807, 2.05) is 24.3 Å². The lowest BCUT2D eigenvalue weighted by Crippen LogP contribution is -2.36. The highest BCUT2D eigenvalue weighted by molar-refractivity contribution is 14.1. The van der Waals surface area contributed by atoms with Crippen LogP contribution in [0.4, 0.5) is 0 Å². The van der Waals surface area contributed by atoms with Gasteiger partial charge in [-0.15, -0.1) is 0 Å². The van der Waals surface area contributed by atoms with Crippen molar-refractivity contribution in [3.05, 3.63) is 27.8 Å². The van der Waals surface area contributed by atoms with Crippen LogP contribution < -0.4 is 5.46 Å². The van der Waals surface area contributed by atoms with E-state index in [0.29, 0.717) is 6.61 Å². The van der Waals surface area contributed by atoms with Crippen LogP contribution in [0, 0.1) is 8.99 Å². The van der Waals surface area contributed by atoms with Crippen LogP contribution in [-0.4, -0.2) is 18.7 Å². The second-order valence-electron chi connectivity index (χ2n) is 4.78. The molecule has 0 spiro atoms. The molecule has 1 aromatic rings. The maximum Gasteiger partial charge on any atom is 0.491 e. The van der Waals surface area contributed by atoms with Crippen LogP contribution in [0.5, 0.6) is 0 Å². The standard InChI is InChI=1S/C11H16BIO2/c1-11(2,3)8-15-12(14)9-5-4-6-10(13)7-9/h4-7,14H,8H2,1-3H3. The van der Waals surface area contributed by atoms with E-state index < -0.39 is 7.12 Å². The molecule has 0 saturated carbocycles. The van der Waals surface area contributed by atoms with Crippen LogP contribution in [0.2, 0.25) is 0 Å². The Bertz CT molecular complexity index is 323. The first kappa shape index (κ1) is 13.0. The van der Waals surface area contributed by atoms with Crippen LogP contribution in [0.1, 0.15) is 20.8 Å². The van der Waals surface area contributed by atoms with Crippen molar-refractivity contribution in [3.8, 4) is 0 Å². The Kier molecular flexibility index (Phi) is 4.61. The molecule has 15 heavy (non-hydrogen) atoms. The van der Waals surface area contributed by atoms with Gasteiger partial charge in [-0.05, 0) is 45.6 Å². The van der Waals surface area contributed by atoms with E-state index in [2.05, 4.69) is 43.4 Å². The molecule has 0 aliphatic heterocycles. The molecule has 0 aromatic heterocycles. The molecule has 1 rings (SSSR count). The predicted molar refractivity (Wildman–Crippen MR) is 72.2 cm³/mol. The second-order valence-corrected chi connectivity index (χ2v) is 6.02. The molecule has 0 aliphatic rings. The van der Waals surface area contributed by atoms with Gasteiger partial charge in [0.1, 0.15) is 0 Å². The van der Waals surface area contributed by atoms with Crippen molar-refractivity contribution in [3.63, 3.8) is 0 Å². The Morgan fingerprint density at radius 3 is 2.60 bits per heavy atom. The molecular formula is C11H16BIO2. The monoisotopic (exact) mass is 318 g/mol. The normalized spacial score (nSPS) is 11.5. The van der Waals surface area contributed by atoms with Crippen LogP contribution in [0.25, 0.3) is 0 Å². The van der Waals surface area contributed by atoms with Crippen molar-refractivity contribution in [2.45, 2.75) is 20.8 Å². The quantitative estimate of drug-likeness (QED) is 0.683. The Balaban J connectivity index is 2.58. The summed E-state index contributed by atoms with van der Waals surface area (Å²) in [6.07, 6.45) is 0. The third kappa shape index (κ3) is 4.99. The Morgan fingerprint density at radius 2 is 2.07 bits per heavy atom. The average Bonchev–Trinajstić information content (AvgIpc) is 2.13. The summed E-state index contributed by atoms with van der Waals surface area (Å²) in [6.45, 7) is 6.77. The maximum atomic E-state index is 9.78. The fourth-order valence-electron chi connectivity index (χ4n) is 1.09. The van der Waals surface area contributed by atoms with Gasteiger partial charge in [-0.1, -0.05) is 32.9 Å². The van der Waals surface area contributed by atoms with Crippen LogP contribution in [0.15, 0.2) is 24.3 Å². The number of rotatable bonds is 3. The van der Waals surface area contributed by atoms with Crippen LogP contribution in [0.3, 0.4) is 0 Å².